The molecular formula is C17H21N3O5. The van der Waals surface area contributed by atoms with Gasteiger partial charge in [-0.15, -0.1) is 0 Å². The maximum atomic E-state index is 12.6. The molecule has 2 aliphatic rings. The van der Waals surface area contributed by atoms with Gasteiger partial charge in [-0.25, -0.2) is 4.79 Å². The summed E-state index contributed by atoms with van der Waals surface area (Å²) in [5.74, 6) is 1.66. The van der Waals surface area contributed by atoms with E-state index in [9.17, 15) is 4.79 Å². The van der Waals surface area contributed by atoms with Crippen LogP contribution < -0.4 is 5.32 Å². The second-order valence-electron chi connectivity index (χ2n) is 6.69. The van der Waals surface area contributed by atoms with E-state index in [1.165, 1.54) is 0 Å². The lowest BCUT2D eigenvalue weighted by Gasteiger charge is -2.42. The molecule has 4 rings (SSSR count). The number of morpholine rings is 1. The quantitative estimate of drug-likeness (QED) is 0.898. The van der Waals surface area contributed by atoms with Crippen molar-refractivity contribution < 1.29 is 23.2 Å². The maximum Gasteiger partial charge on any atom is 0.323 e. The van der Waals surface area contributed by atoms with Crippen molar-refractivity contribution >= 4 is 11.8 Å². The Kier molecular flexibility index (Phi) is 4.01. The average molecular weight is 347 g/mol. The summed E-state index contributed by atoms with van der Waals surface area (Å²) >= 11 is 0. The van der Waals surface area contributed by atoms with Gasteiger partial charge in [-0.3, -0.25) is 5.32 Å². The van der Waals surface area contributed by atoms with Gasteiger partial charge in [0, 0.05) is 25.6 Å². The van der Waals surface area contributed by atoms with E-state index in [-0.39, 0.29) is 12.1 Å². The van der Waals surface area contributed by atoms with Crippen molar-refractivity contribution in [3.05, 3.63) is 24.2 Å². The van der Waals surface area contributed by atoms with E-state index in [4.69, 9.17) is 18.4 Å². The Hall–Kier alpha value is -2.32. The second kappa shape index (κ2) is 6.20. The van der Waals surface area contributed by atoms with E-state index < -0.39 is 5.60 Å². The van der Waals surface area contributed by atoms with E-state index >= 15 is 0 Å². The highest BCUT2D eigenvalue weighted by molar-refractivity contribution is 5.89. The number of aryl methyl sites for hydroxylation is 1. The Bertz CT molecular complexity index is 762. The zero-order valence-corrected chi connectivity index (χ0v) is 14.3. The number of carbonyl (C=O) groups excluding carboxylic acids is 1. The summed E-state index contributed by atoms with van der Waals surface area (Å²) < 4.78 is 22.1. The molecule has 4 heterocycles. The molecule has 0 unspecified atom stereocenters. The normalized spacial score (nSPS) is 26.3. The monoisotopic (exact) mass is 347 g/mol. The number of rotatable bonds is 2. The summed E-state index contributed by atoms with van der Waals surface area (Å²) in [6.45, 7) is 6.03. The lowest BCUT2D eigenvalue weighted by atomic mass is 9.99. The van der Waals surface area contributed by atoms with Gasteiger partial charge in [-0.2, -0.15) is 0 Å². The first-order valence-electron chi connectivity index (χ1n) is 8.37. The molecule has 1 N–H and O–H groups in total. The first-order chi connectivity index (χ1) is 12.0. The summed E-state index contributed by atoms with van der Waals surface area (Å²) in [4.78, 5) is 14.4. The number of hydrogen-bond acceptors (Lipinski definition) is 6. The van der Waals surface area contributed by atoms with Crippen LogP contribution in [0.4, 0.5) is 10.6 Å². The standard InChI is InChI=1S/C17H21N3O5/c1-11-8-20(9-17(24-11)4-6-22-10-17)16(21)18-15-7-14(25-19-15)13-3-5-23-12(13)2/h3,5,7,11H,4,6,8-10H2,1-2H3,(H,18,19,21)/t11-,17-/m1/s1. The van der Waals surface area contributed by atoms with Gasteiger partial charge in [0.15, 0.2) is 11.6 Å². The van der Waals surface area contributed by atoms with Gasteiger partial charge in [0.1, 0.15) is 11.4 Å². The Labute approximate surface area is 145 Å². The van der Waals surface area contributed by atoms with Crippen molar-refractivity contribution in [2.75, 3.05) is 31.6 Å². The van der Waals surface area contributed by atoms with Gasteiger partial charge in [0.25, 0.3) is 0 Å². The topological polar surface area (TPSA) is 90.0 Å². The molecule has 2 amide bonds. The van der Waals surface area contributed by atoms with Gasteiger partial charge in [0.2, 0.25) is 0 Å². The zero-order chi connectivity index (χ0) is 17.4. The fraction of sp³-hybridized carbons (Fsp3) is 0.529. The maximum absolute atomic E-state index is 12.6. The van der Waals surface area contributed by atoms with Gasteiger partial charge >= 0.3 is 6.03 Å². The van der Waals surface area contributed by atoms with Crippen LogP contribution in [0, 0.1) is 6.92 Å². The smallest absolute Gasteiger partial charge is 0.323 e. The van der Waals surface area contributed by atoms with Crippen LogP contribution in [-0.2, 0) is 9.47 Å². The van der Waals surface area contributed by atoms with E-state index in [1.807, 2.05) is 13.8 Å². The lowest BCUT2D eigenvalue weighted by Crippen LogP contribution is -2.57. The minimum Gasteiger partial charge on any atom is -0.469 e. The Morgan fingerprint density at radius 1 is 1.48 bits per heavy atom. The predicted octanol–water partition coefficient (Wildman–Crippen LogP) is 2.65. The van der Waals surface area contributed by atoms with Crippen LogP contribution in [0.5, 0.6) is 0 Å². The first-order valence-corrected chi connectivity index (χ1v) is 8.37. The van der Waals surface area contributed by atoms with E-state index in [1.54, 1.807) is 23.3 Å². The molecule has 2 aliphatic heterocycles. The number of carbonyl (C=O) groups is 1. The Morgan fingerprint density at radius 2 is 2.36 bits per heavy atom. The number of nitrogens with one attached hydrogen (secondary N) is 1. The molecule has 25 heavy (non-hydrogen) atoms. The summed E-state index contributed by atoms with van der Waals surface area (Å²) in [6.07, 6.45) is 2.35. The predicted molar refractivity (Wildman–Crippen MR) is 88.2 cm³/mol. The molecule has 2 aromatic rings. The Balaban J connectivity index is 1.45. The third-order valence-electron chi connectivity index (χ3n) is 4.63. The molecule has 0 radical (unpaired) electrons. The van der Waals surface area contributed by atoms with Crippen molar-refractivity contribution in [3.63, 3.8) is 0 Å². The number of amides is 2. The van der Waals surface area contributed by atoms with Gasteiger partial charge in [0.05, 0.1) is 31.1 Å². The molecule has 0 aliphatic carbocycles. The van der Waals surface area contributed by atoms with Crippen LogP contribution in [0.25, 0.3) is 11.3 Å². The molecule has 0 aromatic carbocycles. The number of furan rings is 1. The largest absolute Gasteiger partial charge is 0.469 e. The first kappa shape index (κ1) is 16.2. The number of urea groups is 1. The molecule has 8 nitrogen and oxygen atoms in total. The summed E-state index contributed by atoms with van der Waals surface area (Å²) in [7, 11) is 0. The highest BCUT2D eigenvalue weighted by atomic mass is 16.6. The molecule has 0 bridgehead atoms. The van der Waals surface area contributed by atoms with Crippen molar-refractivity contribution in [1.29, 1.82) is 0 Å². The molecule has 134 valence electrons. The summed E-state index contributed by atoms with van der Waals surface area (Å²) in [5, 5.41) is 6.72. The minimum atomic E-state index is -0.391. The van der Waals surface area contributed by atoms with Gasteiger partial charge in [-0.05, 0) is 19.9 Å². The number of anilines is 1. The third kappa shape index (κ3) is 3.14. The third-order valence-corrected chi connectivity index (χ3v) is 4.63. The highest BCUT2D eigenvalue weighted by Crippen LogP contribution is 2.31. The fourth-order valence-electron chi connectivity index (χ4n) is 3.48. The molecular weight excluding hydrogens is 326 g/mol. The highest BCUT2D eigenvalue weighted by Gasteiger charge is 2.44. The number of nitrogens with zero attached hydrogens (tertiary/aromatic N) is 2. The van der Waals surface area contributed by atoms with Crippen molar-refractivity contribution in [1.82, 2.24) is 10.1 Å². The van der Waals surface area contributed by atoms with E-state index in [0.717, 1.165) is 17.7 Å². The number of hydrogen-bond donors (Lipinski definition) is 1. The van der Waals surface area contributed by atoms with E-state index in [0.29, 0.717) is 37.9 Å². The van der Waals surface area contributed by atoms with E-state index in [2.05, 4.69) is 10.5 Å². The van der Waals surface area contributed by atoms with Crippen LogP contribution >= 0.6 is 0 Å². The van der Waals surface area contributed by atoms with Crippen LogP contribution in [-0.4, -0.2) is 54.1 Å². The number of aromatic nitrogens is 1. The molecule has 8 heteroatoms. The SMILES string of the molecule is Cc1occc1-c1cc(NC(=O)N2C[C@@H](C)O[C@]3(CCOC3)C2)no1. The lowest BCUT2D eigenvalue weighted by molar-refractivity contribution is -0.136. The van der Waals surface area contributed by atoms with Crippen LogP contribution in [0.2, 0.25) is 0 Å². The van der Waals surface area contributed by atoms with Gasteiger partial charge < -0.3 is 23.3 Å². The average Bonchev–Trinajstić information content (AvgIpc) is 3.29. The molecule has 2 aromatic heterocycles. The van der Waals surface area contributed by atoms with Gasteiger partial charge in [-0.1, -0.05) is 5.16 Å². The van der Waals surface area contributed by atoms with Crippen molar-refractivity contribution in [2.24, 2.45) is 0 Å². The van der Waals surface area contributed by atoms with Crippen LogP contribution in [0.15, 0.2) is 27.3 Å². The summed E-state index contributed by atoms with van der Waals surface area (Å²) in [6, 6.07) is 3.27. The molecule has 2 atom stereocenters. The summed E-state index contributed by atoms with van der Waals surface area (Å²) in [5.41, 5.74) is 0.424. The zero-order valence-electron chi connectivity index (χ0n) is 14.3. The molecule has 1 spiro atoms. The molecule has 2 fully saturated rings. The molecule has 0 saturated carbocycles. The second-order valence-corrected chi connectivity index (χ2v) is 6.69. The van der Waals surface area contributed by atoms with Crippen LogP contribution in [0.1, 0.15) is 19.1 Å². The van der Waals surface area contributed by atoms with Crippen molar-refractivity contribution in [2.45, 2.75) is 32.0 Å². The minimum absolute atomic E-state index is 0.0392. The Morgan fingerprint density at radius 3 is 3.08 bits per heavy atom. The van der Waals surface area contributed by atoms with Crippen LogP contribution in [0.3, 0.4) is 0 Å². The van der Waals surface area contributed by atoms with Crippen molar-refractivity contribution in [3.8, 4) is 11.3 Å². The molecule has 2 saturated heterocycles. The number of ether oxygens (including phenoxy) is 2. The fourth-order valence-corrected chi connectivity index (χ4v) is 3.48.